The fourth-order valence-electron chi connectivity index (χ4n) is 2.59. The lowest BCUT2D eigenvalue weighted by molar-refractivity contribution is 0.256. The maximum Gasteiger partial charge on any atom is 0.123 e. The Kier molecular flexibility index (Phi) is 4.68. The molecule has 112 valence electrons. The highest BCUT2D eigenvalue weighted by Crippen LogP contribution is 2.34. The largest absolute Gasteiger partial charge is 0.396 e. The van der Waals surface area contributed by atoms with Crippen molar-refractivity contribution >= 4 is 11.3 Å². The molecule has 2 aromatic rings. The van der Waals surface area contributed by atoms with Crippen molar-refractivity contribution < 1.29 is 5.11 Å². The summed E-state index contributed by atoms with van der Waals surface area (Å²) < 4.78 is 0. The molecule has 1 saturated carbocycles. The molecule has 1 atom stereocenters. The van der Waals surface area contributed by atoms with E-state index in [0.717, 1.165) is 23.9 Å². The van der Waals surface area contributed by atoms with Gasteiger partial charge in [-0.05, 0) is 32.1 Å². The molecule has 2 N–H and O–H groups in total. The Morgan fingerprint density at radius 3 is 2.76 bits per heavy atom. The topological polar surface area (TPSA) is 45.2 Å². The van der Waals surface area contributed by atoms with Gasteiger partial charge in [0.2, 0.25) is 0 Å². The second kappa shape index (κ2) is 6.69. The zero-order valence-electron chi connectivity index (χ0n) is 12.4. The molecule has 0 amide bonds. The van der Waals surface area contributed by atoms with Gasteiger partial charge in [-0.25, -0.2) is 4.98 Å². The summed E-state index contributed by atoms with van der Waals surface area (Å²) in [6, 6.07) is 8.96. The number of nitrogens with one attached hydrogen (secondary N) is 1. The van der Waals surface area contributed by atoms with Crippen molar-refractivity contribution in [1.82, 2.24) is 10.3 Å². The first-order valence-electron chi connectivity index (χ1n) is 7.62. The Morgan fingerprint density at radius 1 is 1.33 bits per heavy atom. The molecule has 3 rings (SSSR count). The quantitative estimate of drug-likeness (QED) is 0.824. The molecule has 0 bridgehead atoms. The number of aliphatic hydroxyl groups is 1. The van der Waals surface area contributed by atoms with E-state index in [2.05, 4.69) is 41.5 Å². The van der Waals surface area contributed by atoms with Crippen molar-refractivity contribution in [3.05, 3.63) is 40.9 Å². The van der Waals surface area contributed by atoms with E-state index in [1.54, 1.807) is 11.3 Å². The van der Waals surface area contributed by atoms with Gasteiger partial charge in [-0.3, -0.25) is 0 Å². The molecule has 0 spiro atoms. The molecule has 1 aliphatic carbocycles. The summed E-state index contributed by atoms with van der Waals surface area (Å²) >= 11 is 1.75. The van der Waals surface area contributed by atoms with Gasteiger partial charge in [-0.1, -0.05) is 29.8 Å². The van der Waals surface area contributed by atoms with Gasteiger partial charge in [0.05, 0.1) is 0 Å². The molecule has 21 heavy (non-hydrogen) atoms. The number of rotatable bonds is 7. The van der Waals surface area contributed by atoms with Crippen molar-refractivity contribution in [3.8, 4) is 10.6 Å². The molecular weight excluding hydrogens is 280 g/mol. The molecular formula is C17H22N2OS. The minimum Gasteiger partial charge on any atom is -0.396 e. The molecule has 1 aromatic carbocycles. The molecule has 1 fully saturated rings. The van der Waals surface area contributed by atoms with Crippen LogP contribution in [0.4, 0.5) is 0 Å². The van der Waals surface area contributed by atoms with Crippen LogP contribution >= 0.6 is 11.3 Å². The molecule has 1 unspecified atom stereocenters. The van der Waals surface area contributed by atoms with Gasteiger partial charge in [0.25, 0.3) is 0 Å². The van der Waals surface area contributed by atoms with Crippen molar-refractivity contribution in [1.29, 1.82) is 0 Å². The number of hydrogen-bond donors (Lipinski definition) is 2. The summed E-state index contributed by atoms with van der Waals surface area (Å²) in [4.78, 5) is 5.79. The van der Waals surface area contributed by atoms with E-state index in [0.29, 0.717) is 6.04 Å². The Balaban J connectivity index is 1.60. The molecule has 0 radical (unpaired) electrons. The van der Waals surface area contributed by atoms with E-state index in [1.165, 1.54) is 28.8 Å². The summed E-state index contributed by atoms with van der Waals surface area (Å²) in [5.74, 6) is 0.765. The van der Waals surface area contributed by atoms with Crippen molar-refractivity contribution in [3.63, 3.8) is 0 Å². The van der Waals surface area contributed by atoms with E-state index in [-0.39, 0.29) is 6.61 Å². The number of aryl methyl sites for hydroxylation is 1. The lowest BCUT2D eigenvalue weighted by atomic mass is 10.1. The molecule has 3 nitrogen and oxygen atoms in total. The minimum absolute atomic E-state index is 0.269. The van der Waals surface area contributed by atoms with Crippen LogP contribution in [0.2, 0.25) is 0 Å². The monoisotopic (exact) mass is 302 g/mol. The zero-order chi connectivity index (χ0) is 14.7. The summed E-state index contributed by atoms with van der Waals surface area (Å²) in [5.41, 5.74) is 2.46. The first kappa shape index (κ1) is 14.7. The maximum absolute atomic E-state index is 9.14. The average molecular weight is 302 g/mol. The van der Waals surface area contributed by atoms with Crippen molar-refractivity contribution in [2.75, 3.05) is 6.61 Å². The van der Waals surface area contributed by atoms with Gasteiger partial charge in [-0.2, -0.15) is 0 Å². The van der Waals surface area contributed by atoms with Crippen LogP contribution in [-0.2, 0) is 6.54 Å². The smallest absolute Gasteiger partial charge is 0.123 e. The fourth-order valence-corrected chi connectivity index (χ4v) is 3.46. The fraction of sp³-hybridized carbons (Fsp3) is 0.471. The average Bonchev–Trinajstić information content (AvgIpc) is 3.23. The van der Waals surface area contributed by atoms with E-state index in [4.69, 9.17) is 5.11 Å². The highest BCUT2D eigenvalue weighted by Gasteiger charge is 2.30. The molecule has 1 aliphatic rings. The minimum atomic E-state index is 0.269. The van der Waals surface area contributed by atoms with Crippen LogP contribution in [0.1, 0.15) is 29.7 Å². The molecule has 0 aliphatic heterocycles. The molecule has 1 aromatic heterocycles. The van der Waals surface area contributed by atoms with E-state index < -0.39 is 0 Å². The lowest BCUT2D eigenvalue weighted by Gasteiger charge is -2.16. The van der Waals surface area contributed by atoms with Crippen LogP contribution < -0.4 is 5.32 Å². The van der Waals surface area contributed by atoms with E-state index in [9.17, 15) is 0 Å². The van der Waals surface area contributed by atoms with Gasteiger partial charge < -0.3 is 10.4 Å². The maximum atomic E-state index is 9.14. The second-order valence-corrected chi connectivity index (χ2v) is 6.95. The predicted octanol–water partition coefficient (Wildman–Crippen LogP) is 3.37. The van der Waals surface area contributed by atoms with E-state index >= 15 is 0 Å². The highest BCUT2D eigenvalue weighted by atomic mass is 32.1. The van der Waals surface area contributed by atoms with Crippen molar-refractivity contribution in [2.24, 2.45) is 5.92 Å². The van der Waals surface area contributed by atoms with Crippen LogP contribution in [0.25, 0.3) is 10.6 Å². The zero-order valence-corrected chi connectivity index (χ0v) is 13.2. The van der Waals surface area contributed by atoms with Crippen LogP contribution in [0, 0.1) is 12.8 Å². The third-order valence-electron chi connectivity index (χ3n) is 4.02. The Labute approximate surface area is 130 Å². The van der Waals surface area contributed by atoms with Crippen molar-refractivity contribution in [2.45, 2.75) is 38.8 Å². The Morgan fingerprint density at radius 2 is 2.10 bits per heavy atom. The summed E-state index contributed by atoms with van der Waals surface area (Å²) in [7, 11) is 0. The number of aromatic nitrogens is 1. The van der Waals surface area contributed by atoms with E-state index in [1.807, 2.05) is 6.20 Å². The van der Waals surface area contributed by atoms with Gasteiger partial charge in [0, 0.05) is 35.8 Å². The first-order valence-corrected chi connectivity index (χ1v) is 8.44. The summed E-state index contributed by atoms with van der Waals surface area (Å²) in [6.07, 6.45) is 5.42. The molecule has 4 heteroatoms. The number of nitrogens with zero attached hydrogens (tertiary/aromatic N) is 1. The number of benzene rings is 1. The SMILES string of the molecule is Cc1ccc(-c2ncc(CNC(CCO)C3CC3)s2)cc1. The number of aliphatic hydroxyl groups excluding tert-OH is 1. The van der Waals surface area contributed by atoms with Crippen LogP contribution in [0.15, 0.2) is 30.5 Å². The third kappa shape index (κ3) is 3.90. The normalized spacial score (nSPS) is 16.1. The number of thiazole rings is 1. The second-order valence-electron chi connectivity index (χ2n) is 5.83. The summed E-state index contributed by atoms with van der Waals surface area (Å²) in [6.45, 7) is 3.22. The Hall–Kier alpha value is -1.23. The standard InChI is InChI=1S/C17H22N2OS/c1-12-2-4-14(5-3-12)17-19-11-15(21-17)10-18-16(8-9-20)13-6-7-13/h2-5,11,13,16,18,20H,6-10H2,1H3. The van der Waals surface area contributed by atoms with Crippen LogP contribution in [0.5, 0.6) is 0 Å². The Bertz CT molecular complexity index is 575. The third-order valence-corrected chi connectivity index (χ3v) is 5.07. The predicted molar refractivity (Wildman–Crippen MR) is 87.3 cm³/mol. The first-order chi connectivity index (χ1) is 10.3. The summed E-state index contributed by atoms with van der Waals surface area (Å²) in [5, 5.41) is 13.8. The highest BCUT2D eigenvalue weighted by molar-refractivity contribution is 7.15. The van der Waals surface area contributed by atoms with Gasteiger partial charge in [0.1, 0.15) is 5.01 Å². The van der Waals surface area contributed by atoms with Gasteiger partial charge >= 0.3 is 0 Å². The van der Waals surface area contributed by atoms with Gasteiger partial charge in [-0.15, -0.1) is 11.3 Å². The molecule has 1 heterocycles. The van der Waals surface area contributed by atoms with Crippen LogP contribution in [0.3, 0.4) is 0 Å². The number of hydrogen-bond acceptors (Lipinski definition) is 4. The lowest BCUT2D eigenvalue weighted by Crippen LogP contribution is -2.31. The molecule has 0 saturated heterocycles. The van der Waals surface area contributed by atoms with Gasteiger partial charge in [0.15, 0.2) is 0 Å². The van der Waals surface area contributed by atoms with Crippen LogP contribution in [-0.4, -0.2) is 22.7 Å².